The molecule has 1 rings (SSSR count). The summed E-state index contributed by atoms with van der Waals surface area (Å²) in [4.78, 5) is 0.772. The highest BCUT2D eigenvalue weighted by atomic mass is 32.2. The third kappa shape index (κ3) is 5.51. The molecule has 0 spiro atoms. The molecule has 0 saturated carbocycles. The Hall–Kier alpha value is -0.580. The highest BCUT2D eigenvalue weighted by Gasteiger charge is 2.15. The van der Waals surface area contributed by atoms with Crippen molar-refractivity contribution in [1.29, 1.82) is 0 Å². The van der Waals surface area contributed by atoms with E-state index in [0.717, 1.165) is 17.0 Å². The van der Waals surface area contributed by atoms with E-state index in [2.05, 4.69) is 26.1 Å². The Morgan fingerprint density at radius 2 is 2.05 bits per heavy atom. The van der Waals surface area contributed by atoms with Crippen LogP contribution >= 0.6 is 11.8 Å². The molecule has 0 saturated heterocycles. The Kier molecular flexibility index (Phi) is 7.42. The first-order valence-electron chi connectivity index (χ1n) is 6.70. The Labute approximate surface area is 120 Å². The van der Waals surface area contributed by atoms with E-state index in [1.54, 1.807) is 24.9 Å². The molecule has 0 aliphatic carbocycles. The molecule has 1 aromatic carbocycles. The van der Waals surface area contributed by atoms with Gasteiger partial charge in [0.15, 0.2) is 0 Å². The first kappa shape index (κ1) is 16.5. The van der Waals surface area contributed by atoms with Crippen molar-refractivity contribution in [3.63, 3.8) is 0 Å². The molecule has 0 aromatic heterocycles. The lowest BCUT2D eigenvalue weighted by Gasteiger charge is -2.18. The minimum atomic E-state index is -0.122. The van der Waals surface area contributed by atoms with Gasteiger partial charge in [0.1, 0.15) is 5.82 Å². The third-order valence-electron chi connectivity index (χ3n) is 3.09. The average molecular weight is 285 g/mol. The fraction of sp³-hybridized carbons (Fsp3) is 0.600. The van der Waals surface area contributed by atoms with Gasteiger partial charge in [-0.1, -0.05) is 32.9 Å². The van der Waals surface area contributed by atoms with Crippen LogP contribution in [0.15, 0.2) is 23.1 Å². The molecule has 4 heteroatoms. The molecule has 0 radical (unpaired) electrons. The molecular formula is C15H24FNOS. The van der Waals surface area contributed by atoms with E-state index in [-0.39, 0.29) is 5.82 Å². The number of hydrogen-bond acceptors (Lipinski definition) is 3. The number of methoxy groups -OCH3 is 1. The number of halogens is 1. The largest absolute Gasteiger partial charge is 0.383 e. The molecule has 1 N–H and O–H groups in total. The number of hydrogen-bond donors (Lipinski definition) is 1. The maximum absolute atomic E-state index is 14.0. The number of rotatable bonds is 8. The maximum Gasteiger partial charge on any atom is 0.137 e. The van der Waals surface area contributed by atoms with Crippen molar-refractivity contribution < 1.29 is 9.13 Å². The molecule has 108 valence electrons. The molecule has 0 fully saturated rings. The van der Waals surface area contributed by atoms with Crippen molar-refractivity contribution in [3.05, 3.63) is 29.6 Å². The van der Waals surface area contributed by atoms with E-state index in [4.69, 9.17) is 4.74 Å². The van der Waals surface area contributed by atoms with Crippen LogP contribution in [0.5, 0.6) is 0 Å². The molecule has 0 amide bonds. The molecular weight excluding hydrogens is 261 g/mol. The Morgan fingerprint density at radius 3 is 2.68 bits per heavy atom. The zero-order valence-electron chi connectivity index (χ0n) is 12.2. The van der Waals surface area contributed by atoms with Gasteiger partial charge in [0.2, 0.25) is 0 Å². The molecule has 2 nitrogen and oxygen atoms in total. The average Bonchev–Trinajstić information content (AvgIpc) is 2.38. The predicted molar refractivity (Wildman–Crippen MR) is 80.1 cm³/mol. The Morgan fingerprint density at radius 1 is 1.32 bits per heavy atom. The number of thioether (sulfide) groups is 1. The van der Waals surface area contributed by atoms with Gasteiger partial charge in [0.05, 0.1) is 6.61 Å². The molecule has 1 unspecified atom stereocenters. The van der Waals surface area contributed by atoms with Gasteiger partial charge in [-0.05, 0) is 17.5 Å². The fourth-order valence-corrected chi connectivity index (χ4v) is 2.66. The summed E-state index contributed by atoms with van der Waals surface area (Å²) in [5.74, 6) is 0.405. The van der Waals surface area contributed by atoms with Crippen molar-refractivity contribution in [2.45, 2.75) is 37.5 Å². The zero-order valence-corrected chi connectivity index (χ0v) is 13.0. The second-order valence-electron chi connectivity index (χ2n) is 4.96. The van der Waals surface area contributed by atoms with Gasteiger partial charge in [-0.15, -0.1) is 11.8 Å². The van der Waals surface area contributed by atoms with E-state index in [0.29, 0.717) is 24.3 Å². The third-order valence-corrected chi connectivity index (χ3v) is 4.70. The molecule has 1 aromatic rings. The lowest BCUT2D eigenvalue weighted by Crippen LogP contribution is -2.19. The zero-order chi connectivity index (χ0) is 14.3. The minimum Gasteiger partial charge on any atom is -0.383 e. The summed E-state index contributed by atoms with van der Waals surface area (Å²) in [7, 11) is 1.68. The van der Waals surface area contributed by atoms with Crippen LogP contribution in [0.4, 0.5) is 4.39 Å². The van der Waals surface area contributed by atoms with E-state index < -0.39 is 0 Å². The van der Waals surface area contributed by atoms with Gasteiger partial charge in [0.25, 0.3) is 0 Å². The SMILES string of the molecule is COCCNCc1cccc(F)c1SC(C)C(C)C. The number of nitrogens with one attached hydrogen (secondary N) is 1. The number of benzene rings is 1. The molecule has 0 aliphatic rings. The first-order chi connectivity index (χ1) is 9.06. The van der Waals surface area contributed by atoms with E-state index in [9.17, 15) is 4.39 Å². The maximum atomic E-state index is 14.0. The lowest BCUT2D eigenvalue weighted by atomic mass is 10.2. The standard InChI is InChI=1S/C15H24FNOS/c1-11(2)12(3)19-15-13(6-5-7-14(15)16)10-17-8-9-18-4/h5-7,11-12,17H,8-10H2,1-4H3. The van der Waals surface area contributed by atoms with Crippen molar-refractivity contribution in [3.8, 4) is 0 Å². The van der Waals surface area contributed by atoms with Gasteiger partial charge in [0, 0.05) is 30.3 Å². The van der Waals surface area contributed by atoms with Gasteiger partial charge in [-0.2, -0.15) is 0 Å². The van der Waals surface area contributed by atoms with Crippen LogP contribution in [0.25, 0.3) is 0 Å². The Balaban J connectivity index is 2.71. The van der Waals surface area contributed by atoms with Crippen LogP contribution in [0, 0.1) is 11.7 Å². The topological polar surface area (TPSA) is 21.3 Å². The van der Waals surface area contributed by atoms with Crippen LogP contribution in [0.1, 0.15) is 26.3 Å². The predicted octanol–water partition coefficient (Wildman–Crippen LogP) is 3.70. The summed E-state index contributed by atoms with van der Waals surface area (Å²) < 4.78 is 19.0. The Bertz CT molecular complexity index is 384. The van der Waals surface area contributed by atoms with Gasteiger partial charge in [-0.25, -0.2) is 4.39 Å². The summed E-state index contributed by atoms with van der Waals surface area (Å²) >= 11 is 1.62. The number of ether oxygens (including phenoxy) is 1. The quantitative estimate of drug-likeness (QED) is 0.581. The molecule has 19 heavy (non-hydrogen) atoms. The summed E-state index contributed by atoms with van der Waals surface area (Å²) in [5, 5.41) is 3.67. The molecule has 0 bridgehead atoms. The van der Waals surface area contributed by atoms with Crippen LogP contribution in [-0.4, -0.2) is 25.5 Å². The minimum absolute atomic E-state index is 0.122. The monoisotopic (exact) mass is 285 g/mol. The second-order valence-corrected chi connectivity index (χ2v) is 6.35. The summed E-state index contributed by atoms with van der Waals surface area (Å²) in [6.45, 7) is 8.58. The van der Waals surface area contributed by atoms with Crippen molar-refractivity contribution in [1.82, 2.24) is 5.32 Å². The first-order valence-corrected chi connectivity index (χ1v) is 7.58. The molecule has 1 atom stereocenters. The summed E-state index contributed by atoms with van der Waals surface area (Å²) in [6, 6.07) is 5.29. The van der Waals surface area contributed by atoms with E-state index in [1.807, 2.05) is 6.07 Å². The fourth-order valence-electron chi connectivity index (χ4n) is 1.54. The second kappa shape index (κ2) is 8.56. The van der Waals surface area contributed by atoms with Gasteiger partial charge < -0.3 is 10.1 Å². The van der Waals surface area contributed by atoms with Crippen LogP contribution in [-0.2, 0) is 11.3 Å². The summed E-state index contributed by atoms with van der Waals surface area (Å²) in [6.07, 6.45) is 0. The van der Waals surface area contributed by atoms with Crippen molar-refractivity contribution in [2.24, 2.45) is 5.92 Å². The van der Waals surface area contributed by atoms with Crippen LogP contribution < -0.4 is 5.32 Å². The molecule has 0 aliphatic heterocycles. The van der Waals surface area contributed by atoms with E-state index in [1.165, 1.54) is 6.07 Å². The highest BCUT2D eigenvalue weighted by Crippen LogP contribution is 2.32. The normalized spacial score (nSPS) is 12.9. The van der Waals surface area contributed by atoms with Crippen LogP contribution in [0.2, 0.25) is 0 Å². The van der Waals surface area contributed by atoms with Gasteiger partial charge in [-0.3, -0.25) is 0 Å². The lowest BCUT2D eigenvalue weighted by molar-refractivity contribution is 0.199. The highest BCUT2D eigenvalue weighted by molar-refractivity contribution is 8.00. The van der Waals surface area contributed by atoms with Gasteiger partial charge >= 0.3 is 0 Å². The van der Waals surface area contributed by atoms with Crippen molar-refractivity contribution in [2.75, 3.05) is 20.3 Å². The molecule has 0 heterocycles. The van der Waals surface area contributed by atoms with E-state index >= 15 is 0 Å². The summed E-state index contributed by atoms with van der Waals surface area (Å²) in [5.41, 5.74) is 1.02. The smallest absolute Gasteiger partial charge is 0.137 e. The van der Waals surface area contributed by atoms with Crippen LogP contribution in [0.3, 0.4) is 0 Å². The van der Waals surface area contributed by atoms with Crippen molar-refractivity contribution >= 4 is 11.8 Å².